The van der Waals surface area contributed by atoms with Gasteiger partial charge in [-0.1, -0.05) is 23.5 Å². The quantitative estimate of drug-likeness (QED) is 0.380. The molecule has 3 aromatic rings. The molecule has 8 nitrogen and oxygen atoms in total. The van der Waals surface area contributed by atoms with Gasteiger partial charge in [0.05, 0.1) is 35.6 Å². The average molecular weight is 549 g/mol. The molecule has 39 heavy (non-hydrogen) atoms. The fraction of sp³-hybridized carbons (Fsp3) is 0.367. The molecule has 2 heterocycles. The van der Waals surface area contributed by atoms with Crippen molar-refractivity contribution in [3.63, 3.8) is 0 Å². The van der Waals surface area contributed by atoms with Gasteiger partial charge in [0.15, 0.2) is 4.80 Å². The number of carbonyl (C=O) groups excluding carboxylic acids is 1. The molecular weight excluding hydrogens is 512 g/mol. The first-order valence-electron chi connectivity index (χ1n) is 13.1. The Bertz CT molecular complexity index is 1560. The lowest BCUT2D eigenvalue weighted by Gasteiger charge is -2.25. The van der Waals surface area contributed by atoms with Gasteiger partial charge in [-0.15, -0.1) is 0 Å². The monoisotopic (exact) mass is 548 g/mol. The Morgan fingerprint density at radius 2 is 1.74 bits per heavy atom. The molecule has 1 atom stereocenters. The highest BCUT2D eigenvalue weighted by atomic mass is 32.1. The van der Waals surface area contributed by atoms with E-state index in [9.17, 15) is 9.59 Å². The number of ether oxygens (including phenoxy) is 2. The molecule has 0 spiro atoms. The third kappa shape index (κ3) is 5.49. The number of benzene rings is 2. The van der Waals surface area contributed by atoms with Crippen molar-refractivity contribution in [2.45, 2.75) is 33.7 Å². The van der Waals surface area contributed by atoms with E-state index in [0.29, 0.717) is 26.4 Å². The summed E-state index contributed by atoms with van der Waals surface area (Å²) >= 11 is 1.30. The average Bonchev–Trinajstić information content (AvgIpc) is 3.23. The first-order chi connectivity index (χ1) is 18.7. The first-order valence-corrected chi connectivity index (χ1v) is 14.0. The molecule has 0 unspecified atom stereocenters. The third-order valence-electron chi connectivity index (χ3n) is 6.87. The van der Waals surface area contributed by atoms with Crippen molar-refractivity contribution in [2.24, 2.45) is 4.99 Å². The summed E-state index contributed by atoms with van der Waals surface area (Å²) < 4.78 is 13.2. The van der Waals surface area contributed by atoms with Crippen LogP contribution in [0.3, 0.4) is 0 Å². The second-order valence-corrected chi connectivity index (χ2v) is 10.4. The SMILES string of the molecule is CCOC(=O)C1=C(C)N=c2sc(=Cc3ccc(N(CC)CC)cc3OC)c(=O)n2[C@H]1c1ccc(N(C)C)cc1. The Hall–Kier alpha value is -3.85. The van der Waals surface area contributed by atoms with Crippen molar-refractivity contribution in [2.75, 3.05) is 50.7 Å². The van der Waals surface area contributed by atoms with Crippen molar-refractivity contribution in [1.82, 2.24) is 4.57 Å². The Morgan fingerprint density at radius 1 is 1.08 bits per heavy atom. The van der Waals surface area contributed by atoms with Crippen LogP contribution in [-0.4, -0.2) is 51.4 Å². The van der Waals surface area contributed by atoms with Gasteiger partial charge in [0.1, 0.15) is 5.75 Å². The summed E-state index contributed by atoms with van der Waals surface area (Å²) in [6, 6.07) is 13.2. The number of hydrogen-bond donors (Lipinski definition) is 0. The van der Waals surface area contributed by atoms with E-state index in [4.69, 9.17) is 9.47 Å². The molecule has 1 aromatic heterocycles. The zero-order valence-electron chi connectivity index (χ0n) is 23.6. The number of esters is 1. The Kier molecular flexibility index (Phi) is 8.60. The van der Waals surface area contributed by atoms with Crippen LogP contribution >= 0.6 is 11.3 Å². The molecule has 0 N–H and O–H groups in total. The predicted octanol–water partition coefficient (Wildman–Crippen LogP) is 3.72. The van der Waals surface area contributed by atoms with Gasteiger partial charge in [0.25, 0.3) is 5.56 Å². The number of fused-ring (bicyclic) bond motifs is 1. The normalized spacial score (nSPS) is 15.1. The summed E-state index contributed by atoms with van der Waals surface area (Å²) in [6.07, 6.45) is 1.84. The zero-order valence-corrected chi connectivity index (χ0v) is 24.5. The molecule has 206 valence electrons. The number of thiazole rings is 1. The molecular formula is C30H36N4O4S. The van der Waals surface area contributed by atoms with Gasteiger partial charge in [-0.3, -0.25) is 9.36 Å². The van der Waals surface area contributed by atoms with Crippen LogP contribution in [0, 0.1) is 0 Å². The van der Waals surface area contributed by atoms with Crippen LogP contribution in [0.4, 0.5) is 11.4 Å². The largest absolute Gasteiger partial charge is 0.496 e. The van der Waals surface area contributed by atoms with Crippen molar-refractivity contribution in [3.8, 4) is 5.75 Å². The molecule has 0 saturated carbocycles. The van der Waals surface area contributed by atoms with E-state index in [1.165, 1.54) is 11.3 Å². The van der Waals surface area contributed by atoms with Crippen LogP contribution in [-0.2, 0) is 9.53 Å². The number of aromatic nitrogens is 1. The smallest absolute Gasteiger partial charge is 0.338 e. The number of carbonyl (C=O) groups is 1. The van der Waals surface area contributed by atoms with Gasteiger partial charge in [0.2, 0.25) is 0 Å². The molecule has 1 aliphatic heterocycles. The minimum absolute atomic E-state index is 0.218. The fourth-order valence-electron chi connectivity index (χ4n) is 4.81. The molecule has 4 rings (SSSR count). The summed E-state index contributed by atoms with van der Waals surface area (Å²) in [4.78, 5) is 36.5. The highest BCUT2D eigenvalue weighted by Crippen LogP contribution is 2.32. The van der Waals surface area contributed by atoms with E-state index in [2.05, 4.69) is 23.7 Å². The number of rotatable bonds is 9. The van der Waals surface area contributed by atoms with Crippen LogP contribution < -0.4 is 29.4 Å². The maximum atomic E-state index is 13.9. The minimum Gasteiger partial charge on any atom is -0.496 e. The summed E-state index contributed by atoms with van der Waals surface area (Å²) in [5, 5.41) is 0. The fourth-order valence-corrected chi connectivity index (χ4v) is 5.84. The second kappa shape index (κ2) is 11.9. The number of methoxy groups -OCH3 is 1. The van der Waals surface area contributed by atoms with Gasteiger partial charge < -0.3 is 19.3 Å². The lowest BCUT2D eigenvalue weighted by atomic mass is 9.95. The number of hydrogen-bond acceptors (Lipinski definition) is 8. The highest BCUT2D eigenvalue weighted by molar-refractivity contribution is 7.07. The number of allylic oxidation sites excluding steroid dienone is 1. The lowest BCUT2D eigenvalue weighted by molar-refractivity contribution is -0.139. The van der Waals surface area contributed by atoms with Crippen molar-refractivity contribution >= 4 is 34.8 Å². The molecule has 0 radical (unpaired) electrons. The highest BCUT2D eigenvalue weighted by Gasteiger charge is 2.33. The topological polar surface area (TPSA) is 76.4 Å². The molecule has 0 bridgehead atoms. The standard InChI is InChI=1S/C30H36N4O4S/c1-8-33(9-2)23-16-13-21(24(18-23)37-7)17-25-28(35)34-27(20-11-14-22(15-12-20)32(5)6)26(29(36)38-10-3)19(4)31-30(34)39-25/h11-18,27H,8-10H2,1-7H3/t27-/m0/s1. The molecule has 0 fully saturated rings. The third-order valence-corrected chi connectivity index (χ3v) is 7.86. The van der Waals surface area contributed by atoms with E-state index in [1.807, 2.05) is 67.5 Å². The van der Waals surface area contributed by atoms with Crippen LogP contribution in [0.15, 0.2) is 63.5 Å². The van der Waals surface area contributed by atoms with E-state index >= 15 is 0 Å². The van der Waals surface area contributed by atoms with Gasteiger partial charge in [-0.25, -0.2) is 9.79 Å². The molecule has 0 amide bonds. The van der Waals surface area contributed by atoms with Crippen molar-refractivity contribution in [1.29, 1.82) is 0 Å². The Balaban J connectivity index is 1.89. The molecule has 0 aliphatic carbocycles. The zero-order chi connectivity index (χ0) is 28.3. The summed E-state index contributed by atoms with van der Waals surface area (Å²) in [6.45, 7) is 9.78. The minimum atomic E-state index is -0.648. The van der Waals surface area contributed by atoms with E-state index in [0.717, 1.165) is 35.6 Å². The van der Waals surface area contributed by atoms with Crippen LogP contribution in [0.2, 0.25) is 0 Å². The number of nitrogens with zero attached hydrogens (tertiary/aromatic N) is 4. The van der Waals surface area contributed by atoms with Gasteiger partial charge in [-0.2, -0.15) is 0 Å². The lowest BCUT2D eigenvalue weighted by Crippen LogP contribution is -2.40. The first kappa shape index (κ1) is 28.2. The number of anilines is 2. The van der Waals surface area contributed by atoms with Crippen molar-refractivity contribution in [3.05, 3.63) is 84.5 Å². The predicted molar refractivity (Wildman–Crippen MR) is 158 cm³/mol. The van der Waals surface area contributed by atoms with Gasteiger partial charge in [0, 0.05) is 50.2 Å². The summed E-state index contributed by atoms with van der Waals surface area (Å²) in [5.41, 5.74) is 4.39. The molecule has 0 saturated heterocycles. The molecule has 9 heteroatoms. The van der Waals surface area contributed by atoms with Gasteiger partial charge >= 0.3 is 5.97 Å². The van der Waals surface area contributed by atoms with Crippen LogP contribution in [0.25, 0.3) is 6.08 Å². The Morgan fingerprint density at radius 3 is 2.33 bits per heavy atom. The molecule has 1 aliphatic rings. The second-order valence-electron chi connectivity index (χ2n) is 9.39. The maximum Gasteiger partial charge on any atom is 0.338 e. The van der Waals surface area contributed by atoms with Gasteiger partial charge in [-0.05, 0) is 63.6 Å². The maximum absolute atomic E-state index is 13.9. The van der Waals surface area contributed by atoms with E-state index in [-0.39, 0.29) is 12.2 Å². The molecule has 2 aromatic carbocycles. The summed E-state index contributed by atoms with van der Waals surface area (Å²) in [7, 11) is 5.57. The van der Waals surface area contributed by atoms with E-state index < -0.39 is 12.0 Å². The van der Waals surface area contributed by atoms with Crippen molar-refractivity contribution < 1.29 is 14.3 Å². The Labute approximate surface area is 233 Å². The van der Waals surface area contributed by atoms with Crippen LogP contribution in [0.5, 0.6) is 5.75 Å². The summed E-state index contributed by atoms with van der Waals surface area (Å²) in [5.74, 6) is 0.216. The van der Waals surface area contributed by atoms with E-state index in [1.54, 1.807) is 25.5 Å². The van der Waals surface area contributed by atoms with Crippen LogP contribution in [0.1, 0.15) is 44.9 Å².